The van der Waals surface area contributed by atoms with Gasteiger partial charge in [0.1, 0.15) is 5.56 Å². The fourth-order valence-electron chi connectivity index (χ4n) is 2.12. The van der Waals surface area contributed by atoms with Gasteiger partial charge in [0.25, 0.3) is 5.91 Å². The summed E-state index contributed by atoms with van der Waals surface area (Å²) in [4.78, 5) is 16.6. The molecule has 0 aliphatic carbocycles. The number of aromatic nitrogens is 3. The van der Waals surface area contributed by atoms with Crippen LogP contribution in [0.1, 0.15) is 10.4 Å². The summed E-state index contributed by atoms with van der Waals surface area (Å²) in [6.45, 7) is 0. The maximum Gasteiger partial charge on any atom is 0.261 e. The van der Waals surface area contributed by atoms with E-state index in [-0.39, 0.29) is 17.2 Å². The number of halogens is 3. The van der Waals surface area contributed by atoms with Crippen LogP contribution in [0.15, 0.2) is 47.3 Å². The lowest BCUT2D eigenvalue weighted by Crippen LogP contribution is -2.14. The van der Waals surface area contributed by atoms with Gasteiger partial charge in [0.2, 0.25) is 17.4 Å². The van der Waals surface area contributed by atoms with Crippen LogP contribution in [0.25, 0.3) is 0 Å². The van der Waals surface area contributed by atoms with Crippen molar-refractivity contribution in [3.63, 3.8) is 0 Å². The summed E-state index contributed by atoms with van der Waals surface area (Å²) < 4.78 is 38.2. The van der Waals surface area contributed by atoms with Crippen LogP contribution in [0.3, 0.4) is 0 Å². The summed E-state index contributed by atoms with van der Waals surface area (Å²) in [5.41, 5.74) is 0.458. The third-order valence-corrected chi connectivity index (χ3v) is 3.76. The van der Waals surface area contributed by atoms with E-state index in [4.69, 9.17) is 9.47 Å². The molecule has 3 aromatic rings. The Hall–Kier alpha value is -3.14. The molecule has 3 rings (SSSR count). The van der Waals surface area contributed by atoms with Crippen molar-refractivity contribution in [3.8, 4) is 17.4 Å². The summed E-state index contributed by atoms with van der Waals surface area (Å²) in [5.74, 6) is -3.54. The largest absolute Gasteiger partial charge is 0.490 e. The van der Waals surface area contributed by atoms with Crippen molar-refractivity contribution in [2.45, 2.75) is 0 Å². The lowest BCUT2D eigenvalue weighted by molar-refractivity contribution is 0.102. The Bertz CT molecular complexity index is 989. The van der Waals surface area contributed by atoms with Crippen LogP contribution in [0.4, 0.5) is 14.5 Å². The number of nitrogens with one attached hydrogen (secondary N) is 1. The number of carbonyl (C=O) groups is 1. The van der Waals surface area contributed by atoms with Crippen LogP contribution < -0.4 is 14.8 Å². The number of pyridine rings is 1. The molecule has 0 spiro atoms. The summed E-state index contributed by atoms with van der Waals surface area (Å²) in [7, 11) is 1.17. The standard InChI is InChI=1S/C17H11BrF2N4O3/c1-26-15-13(3-2-12(19)14(15)20)27-17-11(6-9(18)7-21-17)16(25)24-10-4-5-22-23-8-10/h2-8H,1H3,(H,22,24,25). The number of nitrogens with zero attached hydrogens (tertiary/aromatic N) is 3. The van der Waals surface area contributed by atoms with Gasteiger partial charge in [-0.2, -0.15) is 14.6 Å². The number of carbonyl (C=O) groups excluding carboxylic acids is 1. The molecule has 2 aromatic heterocycles. The Morgan fingerprint density at radius 2 is 2.00 bits per heavy atom. The van der Waals surface area contributed by atoms with E-state index >= 15 is 0 Å². The molecule has 1 amide bonds. The van der Waals surface area contributed by atoms with Gasteiger partial charge < -0.3 is 14.8 Å². The number of hydrogen-bond acceptors (Lipinski definition) is 6. The topological polar surface area (TPSA) is 86.2 Å². The molecule has 0 saturated carbocycles. The van der Waals surface area contributed by atoms with E-state index in [9.17, 15) is 13.6 Å². The number of ether oxygens (including phenoxy) is 2. The van der Waals surface area contributed by atoms with Gasteiger partial charge in [0, 0.05) is 10.7 Å². The number of anilines is 1. The van der Waals surface area contributed by atoms with Crippen LogP contribution in [-0.4, -0.2) is 28.2 Å². The number of benzene rings is 1. The van der Waals surface area contributed by atoms with Crippen molar-refractivity contribution in [2.24, 2.45) is 0 Å². The zero-order valence-electron chi connectivity index (χ0n) is 13.7. The molecular weight excluding hydrogens is 426 g/mol. The van der Waals surface area contributed by atoms with Gasteiger partial charge in [0.15, 0.2) is 11.6 Å². The van der Waals surface area contributed by atoms with E-state index in [1.165, 1.54) is 37.8 Å². The number of hydrogen-bond donors (Lipinski definition) is 1. The van der Waals surface area contributed by atoms with Crippen LogP contribution in [0, 0.1) is 11.6 Å². The van der Waals surface area contributed by atoms with Gasteiger partial charge in [-0.25, -0.2) is 9.37 Å². The van der Waals surface area contributed by atoms with Crippen LogP contribution >= 0.6 is 15.9 Å². The summed E-state index contributed by atoms with van der Waals surface area (Å²) in [6, 6.07) is 5.08. The molecule has 0 atom stereocenters. The van der Waals surface area contributed by atoms with Crippen molar-refractivity contribution in [1.82, 2.24) is 15.2 Å². The predicted molar refractivity (Wildman–Crippen MR) is 94.9 cm³/mol. The minimum Gasteiger partial charge on any atom is -0.490 e. The van der Waals surface area contributed by atoms with Crippen LogP contribution in [0.2, 0.25) is 0 Å². The van der Waals surface area contributed by atoms with Crippen LogP contribution in [0.5, 0.6) is 17.4 Å². The molecule has 0 aliphatic heterocycles. The fraction of sp³-hybridized carbons (Fsp3) is 0.0588. The zero-order valence-corrected chi connectivity index (χ0v) is 15.3. The maximum atomic E-state index is 13.9. The highest BCUT2D eigenvalue weighted by molar-refractivity contribution is 9.10. The zero-order chi connectivity index (χ0) is 19.4. The van der Waals surface area contributed by atoms with Crippen LogP contribution in [-0.2, 0) is 0 Å². The second kappa shape index (κ2) is 8.04. The molecule has 1 N–H and O–H groups in total. The Morgan fingerprint density at radius 1 is 1.19 bits per heavy atom. The first-order chi connectivity index (χ1) is 13.0. The van der Waals surface area contributed by atoms with E-state index in [1.54, 1.807) is 6.07 Å². The van der Waals surface area contributed by atoms with E-state index in [0.717, 1.165) is 6.07 Å². The van der Waals surface area contributed by atoms with Crippen molar-refractivity contribution in [2.75, 3.05) is 12.4 Å². The van der Waals surface area contributed by atoms with Crippen molar-refractivity contribution >= 4 is 27.5 Å². The Morgan fingerprint density at radius 3 is 2.70 bits per heavy atom. The highest BCUT2D eigenvalue weighted by Gasteiger charge is 2.20. The number of rotatable bonds is 5. The molecule has 0 radical (unpaired) electrons. The van der Waals surface area contributed by atoms with E-state index in [0.29, 0.717) is 10.2 Å². The average molecular weight is 437 g/mol. The second-order valence-electron chi connectivity index (χ2n) is 5.09. The molecule has 0 fully saturated rings. The monoisotopic (exact) mass is 436 g/mol. The molecule has 0 unspecified atom stereocenters. The summed E-state index contributed by atoms with van der Waals surface area (Å²) in [5, 5.41) is 9.90. The highest BCUT2D eigenvalue weighted by atomic mass is 79.9. The lowest BCUT2D eigenvalue weighted by atomic mass is 10.2. The Balaban J connectivity index is 1.95. The molecule has 138 valence electrons. The van der Waals surface area contributed by atoms with Crippen molar-refractivity contribution in [3.05, 3.63) is 64.5 Å². The third kappa shape index (κ3) is 4.17. The first-order valence-electron chi connectivity index (χ1n) is 7.43. The molecule has 0 aliphatic rings. The van der Waals surface area contributed by atoms with Gasteiger partial charge >= 0.3 is 0 Å². The van der Waals surface area contributed by atoms with Gasteiger partial charge in [0.05, 0.1) is 25.2 Å². The normalized spacial score (nSPS) is 10.4. The molecule has 2 heterocycles. The van der Waals surface area contributed by atoms with Gasteiger partial charge in [-0.1, -0.05) is 0 Å². The molecule has 1 aromatic carbocycles. The first-order valence-corrected chi connectivity index (χ1v) is 8.22. The van der Waals surface area contributed by atoms with Crippen molar-refractivity contribution < 1.29 is 23.0 Å². The summed E-state index contributed by atoms with van der Waals surface area (Å²) in [6.07, 6.45) is 4.17. The number of amides is 1. The second-order valence-corrected chi connectivity index (χ2v) is 6.00. The van der Waals surface area contributed by atoms with E-state index in [1.807, 2.05) is 0 Å². The first kappa shape index (κ1) is 18.6. The van der Waals surface area contributed by atoms with E-state index < -0.39 is 23.3 Å². The van der Waals surface area contributed by atoms with Gasteiger partial charge in [-0.3, -0.25) is 4.79 Å². The smallest absolute Gasteiger partial charge is 0.261 e. The Labute approximate surface area is 160 Å². The van der Waals surface area contributed by atoms with Gasteiger partial charge in [-0.05, 0) is 40.2 Å². The minimum atomic E-state index is -1.21. The SMILES string of the molecule is COc1c(Oc2ncc(Br)cc2C(=O)Nc2ccnnc2)ccc(F)c1F. The average Bonchev–Trinajstić information content (AvgIpc) is 2.67. The number of methoxy groups -OCH3 is 1. The molecule has 7 nitrogen and oxygen atoms in total. The molecule has 10 heteroatoms. The Kier molecular flexibility index (Phi) is 5.55. The van der Waals surface area contributed by atoms with Gasteiger partial charge in [-0.15, -0.1) is 0 Å². The van der Waals surface area contributed by atoms with Crippen molar-refractivity contribution in [1.29, 1.82) is 0 Å². The fourth-order valence-corrected chi connectivity index (χ4v) is 2.45. The van der Waals surface area contributed by atoms with E-state index in [2.05, 4.69) is 36.4 Å². The third-order valence-electron chi connectivity index (χ3n) is 3.33. The molecule has 27 heavy (non-hydrogen) atoms. The minimum absolute atomic E-state index is 0.0490. The summed E-state index contributed by atoms with van der Waals surface area (Å²) >= 11 is 3.23. The molecule has 0 saturated heterocycles. The lowest BCUT2D eigenvalue weighted by Gasteiger charge is -2.13. The highest BCUT2D eigenvalue weighted by Crippen LogP contribution is 2.36. The molecular formula is C17H11BrF2N4O3. The predicted octanol–water partition coefficient (Wildman–Crippen LogP) is 3.97. The quantitative estimate of drug-likeness (QED) is 0.651. The maximum absolute atomic E-state index is 13.9. The molecule has 0 bridgehead atoms.